The van der Waals surface area contributed by atoms with Gasteiger partial charge in [-0.2, -0.15) is 5.10 Å². The van der Waals surface area contributed by atoms with Crippen molar-refractivity contribution in [2.75, 3.05) is 0 Å². The van der Waals surface area contributed by atoms with Gasteiger partial charge in [-0.25, -0.2) is 9.07 Å². The summed E-state index contributed by atoms with van der Waals surface area (Å²) in [5.41, 5.74) is 1.96. The van der Waals surface area contributed by atoms with Crippen LogP contribution in [0.3, 0.4) is 0 Å². The van der Waals surface area contributed by atoms with E-state index < -0.39 is 0 Å². The van der Waals surface area contributed by atoms with Crippen LogP contribution in [0.5, 0.6) is 0 Å². The van der Waals surface area contributed by atoms with Crippen LogP contribution in [0.4, 0.5) is 4.39 Å². The average Bonchev–Trinajstić information content (AvgIpc) is 2.67. The van der Waals surface area contributed by atoms with E-state index in [4.69, 9.17) is 23.2 Å². The van der Waals surface area contributed by atoms with Gasteiger partial charge in [-0.05, 0) is 18.6 Å². The maximum atomic E-state index is 13.7. The Morgan fingerprint density at radius 2 is 2.06 bits per heavy atom. The van der Waals surface area contributed by atoms with Crippen molar-refractivity contribution in [1.82, 2.24) is 9.78 Å². The van der Waals surface area contributed by atoms with E-state index in [1.165, 1.54) is 10.7 Å². The molecule has 18 heavy (non-hydrogen) atoms. The van der Waals surface area contributed by atoms with Gasteiger partial charge >= 0.3 is 0 Å². The smallest absolute Gasteiger partial charge is 0.148 e. The topological polar surface area (TPSA) is 17.8 Å². The SMILES string of the molecule is CCCc1nn(-c2ccccc2F)c(Cl)c1CCl. The summed E-state index contributed by atoms with van der Waals surface area (Å²) in [6, 6.07) is 6.40. The number of aromatic nitrogens is 2. The van der Waals surface area contributed by atoms with E-state index in [-0.39, 0.29) is 11.7 Å². The molecule has 0 radical (unpaired) electrons. The van der Waals surface area contributed by atoms with Crippen LogP contribution in [0.15, 0.2) is 24.3 Å². The second kappa shape index (κ2) is 5.72. The third-order valence-corrected chi connectivity index (χ3v) is 3.36. The summed E-state index contributed by atoms with van der Waals surface area (Å²) in [6.07, 6.45) is 1.72. The molecule has 5 heteroatoms. The van der Waals surface area contributed by atoms with Crippen LogP contribution in [0.25, 0.3) is 5.69 Å². The Balaban J connectivity index is 2.55. The lowest BCUT2D eigenvalue weighted by atomic mass is 10.2. The first kappa shape index (κ1) is 13.4. The third kappa shape index (κ3) is 2.38. The number of hydrogen-bond donors (Lipinski definition) is 0. The van der Waals surface area contributed by atoms with Crippen molar-refractivity contribution in [2.24, 2.45) is 0 Å². The van der Waals surface area contributed by atoms with E-state index >= 15 is 0 Å². The molecule has 0 aliphatic rings. The van der Waals surface area contributed by atoms with Crippen LogP contribution in [-0.4, -0.2) is 9.78 Å². The molecular formula is C13H13Cl2FN2. The van der Waals surface area contributed by atoms with Gasteiger partial charge in [0.2, 0.25) is 0 Å². The molecule has 0 saturated carbocycles. The predicted octanol–water partition coefficient (Wildman–Crippen LogP) is 4.36. The summed E-state index contributed by atoms with van der Waals surface area (Å²) < 4.78 is 15.1. The molecule has 96 valence electrons. The molecule has 0 N–H and O–H groups in total. The van der Waals surface area contributed by atoms with Crippen LogP contribution in [0.1, 0.15) is 24.6 Å². The second-order valence-electron chi connectivity index (χ2n) is 3.96. The highest BCUT2D eigenvalue weighted by Crippen LogP contribution is 2.27. The summed E-state index contributed by atoms with van der Waals surface area (Å²) >= 11 is 12.1. The van der Waals surface area contributed by atoms with E-state index in [9.17, 15) is 4.39 Å². The molecule has 0 spiro atoms. The molecule has 0 unspecified atom stereocenters. The second-order valence-corrected chi connectivity index (χ2v) is 4.59. The lowest BCUT2D eigenvalue weighted by Crippen LogP contribution is -2.00. The normalized spacial score (nSPS) is 10.9. The largest absolute Gasteiger partial charge is 0.219 e. The molecule has 0 amide bonds. The third-order valence-electron chi connectivity index (χ3n) is 2.71. The van der Waals surface area contributed by atoms with Crippen LogP contribution in [0, 0.1) is 5.82 Å². The summed E-state index contributed by atoms with van der Waals surface area (Å²) in [6.45, 7) is 2.05. The summed E-state index contributed by atoms with van der Waals surface area (Å²) in [5, 5.41) is 4.75. The fourth-order valence-electron chi connectivity index (χ4n) is 1.82. The number of para-hydroxylation sites is 1. The van der Waals surface area contributed by atoms with Gasteiger partial charge in [0.15, 0.2) is 0 Å². The van der Waals surface area contributed by atoms with E-state index in [1.807, 2.05) is 6.92 Å². The molecule has 0 fully saturated rings. The van der Waals surface area contributed by atoms with Crippen molar-refractivity contribution in [3.8, 4) is 5.69 Å². The molecule has 0 bridgehead atoms. The zero-order valence-electron chi connectivity index (χ0n) is 9.96. The van der Waals surface area contributed by atoms with E-state index in [2.05, 4.69) is 5.10 Å². The van der Waals surface area contributed by atoms with Gasteiger partial charge in [-0.1, -0.05) is 37.1 Å². The number of alkyl halides is 1. The minimum absolute atomic E-state index is 0.280. The predicted molar refractivity (Wildman–Crippen MR) is 72.1 cm³/mol. The number of nitrogens with zero attached hydrogens (tertiary/aromatic N) is 2. The monoisotopic (exact) mass is 286 g/mol. The van der Waals surface area contributed by atoms with E-state index in [0.29, 0.717) is 10.8 Å². The number of aryl methyl sites for hydroxylation is 1. The molecule has 0 saturated heterocycles. The molecule has 0 aliphatic carbocycles. The van der Waals surface area contributed by atoms with Crippen LogP contribution >= 0.6 is 23.2 Å². The Kier molecular flexibility index (Phi) is 4.25. The first-order valence-electron chi connectivity index (χ1n) is 5.76. The van der Waals surface area contributed by atoms with Crippen molar-refractivity contribution in [1.29, 1.82) is 0 Å². The van der Waals surface area contributed by atoms with Crippen LogP contribution in [-0.2, 0) is 12.3 Å². The zero-order valence-corrected chi connectivity index (χ0v) is 11.5. The molecule has 2 rings (SSSR count). The highest BCUT2D eigenvalue weighted by Gasteiger charge is 2.17. The first-order valence-corrected chi connectivity index (χ1v) is 6.67. The van der Waals surface area contributed by atoms with Crippen molar-refractivity contribution in [2.45, 2.75) is 25.6 Å². The quantitative estimate of drug-likeness (QED) is 0.764. The van der Waals surface area contributed by atoms with Crippen molar-refractivity contribution in [3.05, 3.63) is 46.5 Å². The number of rotatable bonds is 4. The minimum atomic E-state index is -0.355. The Morgan fingerprint density at radius 3 is 2.67 bits per heavy atom. The van der Waals surface area contributed by atoms with Gasteiger partial charge in [0.25, 0.3) is 0 Å². The maximum Gasteiger partial charge on any atom is 0.148 e. The van der Waals surface area contributed by atoms with Gasteiger partial charge in [-0.3, -0.25) is 0 Å². The first-order chi connectivity index (χ1) is 8.69. The lowest BCUT2D eigenvalue weighted by Gasteiger charge is -2.04. The molecule has 2 aromatic rings. The molecule has 1 aromatic carbocycles. The highest BCUT2D eigenvalue weighted by atomic mass is 35.5. The number of hydrogen-bond acceptors (Lipinski definition) is 1. The number of halogens is 3. The Labute approximate surface area is 115 Å². The lowest BCUT2D eigenvalue weighted by molar-refractivity contribution is 0.609. The maximum absolute atomic E-state index is 13.7. The fourth-order valence-corrected chi connectivity index (χ4v) is 2.48. The molecule has 1 aromatic heterocycles. The van der Waals surface area contributed by atoms with Gasteiger partial charge in [-0.15, -0.1) is 11.6 Å². The van der Waals surface area contributed by atoms with Crippen molar-refractivity contribution in [3.63, 3.8) is 0 Å². The van der Waals surface area contributed by atoms with Gasteiger partial charge in [0, 0.05) is 5.56 Å². The highest BCUT2D eigenvalue weighted by molar-refractivity contribution is 6.31. The molecule has 1 heterocycles. The standard InChI is InChI=1S/C13H13Cl2FN2/c1-2-5-11-9(8-14)13(15)18(17-11)12-7-4-3-6-10(12)16/h3-4,6-7H,2,5,8H2,1H3. The fraction of sp³-hybridized carbons (Fsp3) is 0.308. The summed E-state index contributed by atoms with van der Waals surface area (Å²) in [5.74, 6) is -0.0751. The molecule has 2 nitrogen and oxygen atoms in total. The van der Waals surface area contributed by atoms with Gasteiger partial charge in [0.05, 0.1) is 11.6 Å². The van der Waals surface area contributed by atoms with Crippen LogP contribution < -0.4 is 0 Å². The zero-order chi connectivity index (χ0) is 13.1. The van der Waals surface area contributed by atoms with E-state index in [0.717, 1.165) is 24.1 Å². The minimum Gasteiger partial charge on any atom is -0.219 e. The molecule has 0 atom stereocenters. The molecule has 0 aliphatic heterocycles. The summed E-state index contributed by atoms with van der Waals surface area (Å²) in [7, 11) is 0. The van der Waals surface area contributed by atoms with E-state index in [1.54, 1.807) is 18.2 Å². The van der Waals surface area contributed by atoms with Crippen molar-refractivity contribution < 1.29 is 4.39 Å². The van der Waals surface area contributed by atoms with Gasteiger partial charge in [0.1, 0.15) is 16.7 Å². The Morgan fingerprint density at radius 1 is 1.33 bits per heavy atom. The Bertz CT molecular complexity index is 552. The number of benzene rings is 1. The van der Waals surface area contributed by atoms with Gasteiger partial charge < -0.3 is 0 Å². The Hall–Kier alpha value is -1.06. The van der Waals surface area contributed by atoms with Crippen LogP contribution in [0.2, 0.25) is 5.15 Å². The summed E-state index contributed by atoms with van der Waals surface area (Å²) in [4.78, 5) is 0. The van der Waals surface area contributed by atoms with Crippen molar-refractivity contribution >= 4 is 23.2 Å². The average molecular weight is 287 g/mol. The molecular weight excluding hydrogens is 274 g/mol.